The lowest BCUT2D eigenvalue weighted by Crippen LogP contribution is -2.18. The topological polar surface area (TPSA) is 77.8 Å². The summed E-state index contributed by atoms with van der Waals surface area (Å²) >= 11 is 0. The summed E-state index contributed by atoms with van der Waals surface area (Å²) in [5.41, 5.74) is 6.05. The van der Waals surface area contributed by atoms with Gasteiger partial charge in [0.25, 0.3) is 5.89 Å². The first-order valence-corrected chi connectivity index (χ1v) is 4.85. The smallest absolute Gasteiger partial charge is 0.276 e. The average molecular weight is 222 g/mol. The second-order valence-electron chi connectivity index (χ2n) is 3.56. The third kappa shape index (κ3) is 2.40. The molecule has 0 radical (unpaired) electrons. The summed E-state index contributed by atoms with van der Waals surface area (Å²) in [7, 11) is 0. The van der Waals surface area contributed by atoms with Gasteiger partial charge in [-0.3, -0.25) is 0 Å². The van der Waals surface area contributed by atoms with Crippen LogP contribution in [0.1, 0.15) is 12.7 Å². The molecule has 0 fully saturated rings. The van der Waals surface area contributed by atoms with Crippen LogP contribution in [0, 0.1) is 5.82 Å². The van der Waals surface area contributed by atoms with E-state index in [2.05, 4.69) is 15.1 Å². The van der Waals surface area contributed by atoms with Crippen LogP contribution in [0.5, 0.6) is 0 Å². The molecule has 2 N–H and O–H groups in total. The van der Waals surface area contributed by atoms with Crippen LogP contribution < -0.4 is 5.73 Å². The van der Waals surface area contributed by atoms with E-state index >= 15 is 0 Å². The summed E-state index contributed by atoms with van der Waals surface area (Å²) in [6.07, 6.45) is 1.63. The molecule has 0 aromatic carbocycles. The fourth-order valence-corrected chi connectivity index (χ4v) is 1.23. The van der Waals surface area contributed by atoms with Gasteiger partial charge >= 0.3 is 0 Å². The minimum absolute atomic E-state index is 0.0355. The van der Waals surface area contributed by atoms with Gasteiger partial charge in [-0.25, -0.2) is 9.37 Å². The molecule has 0 aliphatic heterocycles. The highest BCUT2D eigenvalue weighted by Gasteiger charge is 2.11. The van der Waals surface area contributed by atoms with Crippen molar-refractivity contribution in [3.8, 4) is 11.6 Å². The summed E-state index contributed by atoms with van der Waals surface area (Å²) in [5.74, 6) is 0.394. The largest absolute Gasteiger partial charge is 0.332 e. The quantitative estimate of drug-likeness (QED) is 0.843. The Bertz CT molecular complexity index is 466. The van der Waals surface area contributed by atoms with Gasteiger partial charge in [-0.2, -0.15) is 4.98 Å². The maximum atomic E-state index is 12.6. The van der Waals surface area contributed by atoms with Crippen LogP contribution in [-0.2, 0) is 6.42 Å². The monoisotopic (exact) mass is 222 g/mol. The number of hydrogen-bond donors (Lipinski definition) is 1. The predicted molar refractivity (Wildman–Crippen MR) is 54.8 cm³/mol. The van der Waals surface area contributed by atoms with E-state index in [1.165, 1.54) is 12.1 Å². The SMILES string of the molecule is CC(N)Cc1noc(-c2ccc(F)cn2)n1. The molecule has 0 saturated heterocycles. The lowest BCUT2D eigenvalue weighted by molar-refractivity contribution is 0.419. The molecule has 0 saturated carbocycles. The summed E-state index contributed by atoms with van der Waals surface area (Å²) in [5, 5.41) is 3.76. The van der Waals surface area contributed by atoms with Crippen molar-refractivity contribution in [3.05, 3.63) is 30.0 Å². The van der Waals surface area contributed by atoms with Gasteiger partial charge in [-0.1, -0.05) is 5.16 Å². The van der Waals surface area contributed by atoms with Gasteiger partial charge in [0.05, 0.1) is 6.20 Å². The molecular formula is C10H11FN4O. The van der Waals surface area contributed by atoms with Crippen molar-refractivity contribution in [3.63, 3.8) is 0 Å². The lowest BCUT2D eigenvalue weighted by atomic mass is 10.2. The van der Waals surface area contributed by atoms with Crippen LogP contribution in [-0.4, -0.2) is 21.2 Å². The van der Waals surface area contributed by atoms with Gasteiger partial charge in [-0.15, -0.1) is 0 Å². The number of pyridine rings is 1. The second kappa shape index (κ2) is 4.36. The normalized spacial score (nSPS) is 12.7. The van der Waals surface area contributed by atoms with Crippen LogP contribution in [0.2, 0.25) is 0 Å². The minimum atomic E-state index is -0.404. The van der Waals surface area contributed by atoms with Crippen LogP contribution in [0.25, 0.3) is 11.6 Å². The lowest BCUT2D eigenvalue weighted by Gasteiger charge is -1.96. The number of nitrogens with zero attached hydrogens (tertiary/aromatic N) is 3. The molecule has 0 bridgehead atoms. The first-order valence-electron chi connectivity index (χ1n) is 4.85. The van der Waals surface area contributed by atoms with Crippen LogP contribution in [0.3, 0.4) is 0 Å². The summed E-state index contributed by atoms with van der Waals surface area (Å²) in [6, 6.07) is 2.74. The first kappa shape index (κ1) is 10.7. The van der Waals surface area contributed by atoms with E-state index in [0.29, 0.717) is 17.9 Å². The first-order chi connectivity index (χ1) is 7.65. The van der Waals surface area contributed by atoms with E-state index < -0.39 is 5.82 Å². The summed E-state index contributed by atoms with van der Waals surface area (Å²) in [6.45, 7) is 1.85. The Balaban J connectivity index is 2.21. The van der Waals surface area contributed by atoms with Crippen LogP contribution in [0.4, 0.5) is 4.39 Å². The maximum absolute atomic E-state index is 12.6. The Labute approximate surface area is 91.5 Å². The highest BCUT2D eigenvalue weighted by Crippen LogP contribution is 2.14. The van der Waals surface area contributed by atoms with Crippen molar-refractivity contribution in [2.45, 2.75) is 19.4 Å². The number of rotatable bonds is 3. The molecule has 1 atom stereocenters. The summed E-state index contributed by atoms with van der Waals surface area (Å²) < 4.78 is 17.6. The number of aromatic nitrogens is 3. The molecule has 1 unspecified atom stereocenters. The van der Waals surface area contributed by atoms with Crippen molar-refractivity contribution in [2.24, 2.45) is 5.73 Å². The molecule has 6 heteroatoms. The Morgan fingerprint density at radius 1 is 1.50 bits per heavy atom. The molecular weight excluding hydrogens is 211 g/mol. The van der Waals surface area contributed by atoms with E-state index in [0.717, 1.165) is 6.20 Å². The van der Waals surface area contributed by atoms with Crippen LogP contribution >= 0.6 is 0 Å². The molecule has 2 aromatic rings. The molecule has 2 aromatic heterocycles. The zero-order valence-electron chi connectivity index (χ0n) is 8.72. The number of hydrogen-bond acceptors (Lipinski definition) is 5. The van der Waals surface area contributed by atoms with Crippen LogP contribution in [0.15, 0.2) is 22.9 Å². The van der Waals surface area contributed by atoms with Gasteiger partial charge in [0.2, 0.25) is 0 Å². The molecule has 0 aliphatic rings. The van der Waals surface area contributed by atoms with Crippen molar-refractivity contribution < 1.29 is 8.91 Å². The molecule has 2 rings (SSSR count). The highest BCUT2D eigenvalue weighted by atomic mass is 19.1. The molecule has 2 heterocycles. The molecule has 16 heavy (non-hydrogen) atoms. The van der Waals surface area contributed by atoms with E-state index in [9.17, 15) is 4.39 Å². The standard InChI is InChI=1S/C10H11FN4O/c1-6(12)4-9-14-10(16-15-9)8-3-2-7(11)5-13-8/h2-3,5-6H,4,12H2,1H3. The third-order valence-electron chi connectivity index (χ3n) is 1.92. The minimum Gasteiger partial charge on any atom is -0.332 e. The van der Waals surface area contributed by atoms with E-state index in [1.54, 1.807) is 0 Å². The Kier molecular flexibility index (Phi) is 2.91. The van der Waals surface area contributed by atoms with Gasteiger partial charge in [0.15, 0.2) is 5.82 Å². The van der Waals surface area contributed by atoms with Gasteiger partial charge < -0.3 is 10.3 Å². The second-order valence-corrected chi connectivity index (χ2v) is 3.56. The predicted octanol–water partition coefficient (Wildman–Crippen LogP) is 1.16. The zero-order valence-corrected chi connectivity index (χ0v) is 8.72. The van der Waals surface area contributed by atoms with Crippen molar-refractivity contribution in [1.82, 2.24) is 15.1 Å². The fourth-order valence-electron chi connectivity index (χ4n) is 1.23. The molecule has 84 valence electrons. The Morgan fingerprint density at radius 3 is 2.94 bits per heavy atom. The van der Waals surface area contributed by atoms with Crippen molar-refractivity contribution in [1.29, 1.82) is 0 Å². The third-order valence-corrected chi connectivity index (χ3v) is 1.92. The molecule has 0 amide bonds. The van der Waals surface area contributed by atoms with E-state index in [-0.39, 0.29) is 11.9 Å². The molecule has 0 spiro atoms. The number of halogens is 1. The van der Waals surface area contributed by atoms with Gasteiger partial charge in [0, 0.05) is 12.5 Å². The van der Waals surface area contributed by atoms with Gasteiger partial charge in [0.1, 0.15) is 11.5 Å². The van der Waals surface area contributed by atoms with E-state index in [1.807, 2.05) is 6.92 Å². The zero-order chi connectivity index (χ0) is 11.5. The van der Waals surface area contributed by atoms with Crippen molar-refractivity contribution in [2.75, 3.05) is 0 Å². The maximum Gasteiger partial charge on any atom is 0.276 e. The van der Waals surface area contributed by atoms with Gasteiger partial charge in [-0.05, 0) is 19.1 Å². The average Bonchev–Trinajstić information content (AvgIpc) is 2.66. The van der Waals surface area contributed by atoms with Crippen molar-refractivity contribution >= 4 is 0 Å². The molecule has 0 aliphatic carbocycles. The molecule has 5 nitrogen and oxygen atoms in total. The highest BCUT2D eigenvalue weighted by molar-refractivity contribution is 5.45. The Morgan fingerprint density at radius 2 is 2.31 bits per heavy atom. The number of nitrogens with two attached hydrogens (primary N) is 1. The Hall–Kier alpha value is -1.82. The fraction of sp³-hybridized carbons (Fsp3) is 0.300. The summed E-state index contributed by atoms with van der Waals surface area (Å²) in [4.78, 5) is 7.95. The van der Waals surface area contributed by atoms with E-state index in [4.69, 9.17) is 10.3 Å².